The first-order chi connectivity index (χ1) is 16.5. The summed E-state index contributed by atoms with van der Waals surface area (Å²) in [5, 5.41) is 3.06. The summed E-state index contributed by atoms with van der Waals surface area (Å²) in [6.07, 6.45) is -3.62. The lowest BCUT2D eigenvalue weighted by Crippen LogP contribution is -2.27. The van der Waals surface area contributed by atoms with E-state index in [1.54, 1.807) is 25.1 Å². The molecule has 5 nitrogen and oxygen atoms in total. The van der Waals surface area contributed by atoms with Crippen molar-refractivity contribution in [2.75, 3.05) is 39.5 Å². The predicted octanol–water partition coefficient (Wildman–Crippen LogP) is 4.80. The van der Waals surface area contributed by atoms with Crippen LogP contribution in [0.2, 0.25) is 5.02 Å². The molecular formula is C25H31ClF3N3O2S. The lowest BCUT2D eigenvalue weighted by Gasteiger charge is -2.21. The number of amides is 1. The maximum absolute atomic E-state index is 13.9. The molecule has 1 amide bonds. The Morgan fingerprint density at radius 3 is 2.60 bits per heavy atom. The largest absolute Gasteiger partial charge is 0.416 e. The second kappa shape index (κ2) is 11.9. The fourth-order valence-electron chi connectivity index (χ4n) is 4.42. The van der Waals surface area contributed by atoms with Gasteiger partial charge in [0.2, 0.25) is 0 Å². The molecule has 1 N–H and O–H groups in total. The summed E-state index contributed by atoms with van der Waals surface area (Å²) in [7, 11) is 2.72. The van der Waals surface area contributed by atoms with Crippen molar-refractivity contribution in [3.05, 3.63) is 63.7 Å². The topological polar surface area (TPSA) is 52.7 Å². The van der Waals surface area contributed by atoms with Gasteiger partial charge in [-0.2, -0.15) is 13.2 Å². The van der Waals surface area contributed by atoms with E-state index in [1.807, 2.05) is 19.0 Å². The minimum Gasteiger partial charge on any atom is -0.348 e. The molecule has 0 aromatic heterocycles. The summed E-state index contributed by atoms with van der Waals surface area (Å²) in [6, 6.07) is 8.61. The molecule has 1 heterocycles. The third kappa shape index (κ3) is 7.52. The highest BCUT2D eigenvalue weighted by atomic mass is 35.5. The van der Waals surface area contributed by atoms with E-state index in [0.717, 1.165) is 32.1 Å². The van der Waals surface area contributed by atoms with Crippen LogP contribution in [0.15, 0.2) is 41.3 Å². The normalized spacial score (nSPS) is 17.7. The van der Waals surface area contributed by atoms with Crippen molar-refractivity contribution in [3.63, 3.8) is 0 Å². The molecule has 0 radical (unpaired) electrons. The van der Waals surface area contributed by atoms with Gasteiger partial charge in [0, 0.05) is 47.4 Å². The molecule has 0 spiro atoms. The first-order valence-corrected chi connectivity index (χ1v) is 13.2. The number of hydrogen-bond donors (Lipinski definition) is 1. The number of halogens is 4. The number of hydrogen-bond acceptors (Lipinski definition) is 4. The van der Waals surface area contributed by atoms with E-state index in [9.17, 15) is 22.2 Å². The first kappa shape index (κ1) is 27.6. The Balaban J connectivity index is 1.75. The van der Waals surface area contributed by atoms with Crippen LogP contribution in [0, 0.1) is 5.92 Å². The zero-order valence-corrected chi connectivity index (χ0v) is 21.7. The summed E-state index contributed by atoms with van der Waals surface area (Å²) < 4.78 is 53.9. The Kier molecular flexibility index (Phi) is 9.37. The molecule has 2 atom stereocenters. The van der Waals surface area contributed by atoms with E-state index >= 15 is 0 Å². The molecule has 0 bridgehead atoms. The number of nitrogens with one attached hydrogen (secondary N) is 1. The van der Waals surface area contributed by atoms with Crippen LogP contribution >= 0.6 is 11.6 Å². The van der Waals surface area contributed by atoms with Crippen LogP contribution in [0.1, 0.15) is 40.4 Å². The quantitative estimate of drug-likeness (QED) is 0.507. The number of carbonyl (C=O) groups is 1. The maximum atomic E-state index is 13.9. The third-order valence-corrected chi connectivity index (χ3v) is 7.68. The number of benzene rings is 2. The minimum atomic E-state index is -4.58. The Bertz CT molecular complexity index is 1080. The second-order valence-electron chi connectivity index (χ2n) is 9.09. The number of carbonyl (C=O) groups excluding carboxylic acids is 1. The maximum Gasteiger partial charge on any atom is 0.416 e. The summed E-state index contributed by atoms with van der Waals surface area (Å²) in [4.78, 5) is 17.4. The predicted molar refractivity (Wildman–Crippen MR) is 133 cm³/mol. The fourth-order valence-corrected chi connectivity index (χ4v) is 5.57. The van der Waals surface area contributed by atoms with Gasteiger partial charge >= 0.3 is 6.18 Å². The molecule has 0 aliphatic carbocycles. The molecule has 10 heteroatoms. The van der Waals surface area contributed by atoms with Gasteiger partial charge in [0.15, 0.2) is 0 Å². The van der Waals surface area contributed by atoms with Crippen LogP contribution in [0.4, 0.5) is 13.2 Å². The summed E-state index contributed by atoms with van der Waals surface area (Å²) in [5.74, 6) is 0.191. The Morgan fingerprint density at radius 1 is 1.20 bits per heavy atom. The first-order valence-electron chi connectivity index (χ1n) is 11.5. The highest BCUT2D eigenvalue weighted by molar-refractivity contribution is 7.85. The van der Waals surface area contributed by atoms with Crippen molar-refractivity contribution in [1.82, 2.24) is 15.1 Å². The lowest BCUT2D eigenvalue weighted by molar-refractivity contribution is -0.138. The molecule has 1 saturated heterocycles. The summed E-state index contributed by atoms with van der Waals surface area (Å²) in [5.41, 5.74) is -0.139. The second-order valence-corrected chi connectivity index (χ2v) is 11.2. The van der Waals surface area contributed by atoms with Gasteiger partial charge in [-0.1, -0.05) is 24.6 Å². The summed E-state index contributed by atoms with van der Waals surface area (Å²) >= 11 is 6.05. The number of alkyl halides is 3. The zero-order chi connectivity index (χ0) is 25.8. The SMILES string of the molecule is CCS(=O)c1ccc(Cl)cc1CNC(=O)c1ccc(CN2CC[C@H](CN(C)C)C2)c(C(F)(F)F)c1. The van der Waals surface area contributed by atoms with Crippen LogP contribution in [0.3, 0.4) is 0 Å². The van der Waals surface area contributed by atoms with Gasteiger partial charge in [0.1, 0.15) is 0 Å². The number of rotatable bonds is 9. The third-order valence-electron chi connectivity index (χ3n) is 6.03. The van der Waals surface area contributed by atoms with Gasteiger partial charge in [0.25, 0.3) is 5.91 Å². The van der Waals surface area contributed by atoms with Gasteiger partial charge in [-0.15, -0.1) is 0 Å². The molecule has 35 heavy (non-hydrogen) atoms. The average molecular weight is 530 g/mol. The standard InChI is InChI=1S/C25H31ClF3N3O2S/c1-4-35(34)23-8-7-21(26)11-20(23)13-30-24(33)18-5-6-19(22(12-18)25(27,28)29)16-32-10-9-17(15-32)14-31(2)3/h5-8,11-12,17H,4,9-10,13-16H2,1-3H3,(H,30,33)/t17-,35?/m1/s1. The van der Waals surface area contributed by atoms with Crippen molar-refractivity contribution >= 4 is 28.3 Å². The molecule has 1 fully saturated rings. The van der Waals surface area contributed by atoms with Crippen molar-refractivity contribution in [1.29, 1.82) is 0 Å². The van der Waals surface area contributed by atoms with E-state index in [-0.39, 0.29) is 24.2 Å². The Morgan fingerprint density at radius 2 is 1.94 bits per heavy atom. The molecule has 1 aliphatic rings. The van der Waals surface area contributed by atoms with Crippen LogP contribution in [0.5, 0.6) is 0 Å². The molecule has 1 unspecified atom stereocenters. The Labute approximate surface area is 212 Å². The van der Waals surface area contributed by atoms with Gasteiger partial charge in [-0.3, -0.25) is 13.9 Å². The molecule has 192 valence electrons. The number of nitrogens with zero attached hydrogens (tertiary/aromatic N) is 2. The number of likely N-dealkylation sites (tertiary alicyclic amines) is 1. The molecule has 3 rings (SSSR count). The minimum absolute atomic E-state index is 0.00457. The summed E-state index contributed by atoms with van der Waals surface area (Å²) in [6.45, 7) is 4.37. The van der Waals surface area contributed by atoms with Gasteiger partial charge in [-0.25, -0.2) is 0 Å². The average Bonchev–Trinajstić information content (AvgIpc) is 3.22. The monoisotopic (exact) mass is 529 g/mol. The molecular weight excluding hydrogens is 499 g/mol. The van der Waals surface area contributed by atoms with Crippen molar-refractivity contribution in [3.8, 4) is 0 Å². The fraction of sp³-hybridized carbons (Fsp3) is 0.480. The van der Waals surface area contributed by atoms with E-state index < -0.39 is 28.4 Å². The zero-order valence-electron chi connectivity index (χ0n) is 20.1. The van der Waals surface area contributed by atoms with E-state index in [4.69, 9.17) is 11.6 Å². The van der Waals surface area contributed by atoms with Crippen LogP contribution in [-0.4, -0.2) is 59.4 Å². The molecule has 2 aromatic rings. The van der Waals surface area contributed by atoms with Crippen LogP contribution in [-0.2, 0) is 30.1 Å². The lowest BCUT2D eigenvalue weighted by atomic mass is 10.0. The van der Waals surface area contributed by atoms with Crippen molar-refractivity contribution in [2.45, 2.75) is 37.5 Å². The van der Waals surface area contributed by atoms with Crippen molar-refractivity contribution in [2.24, 2.45) is 5.92 Å². The van der Waals surface area contributed by atoms with Crippen LogP contribution in [0.25, 0.3) is 0 Å². The van der Waals surface area contributed by atoms with Gasteiger partial charge in [0.05, 0.1) is 16.4 Å². The van der Waals surface area contributed by atoms with Gasteiger partial charge < -0.3 is 10.2 Å². The van der Waals surface area contributed by atoms with Crippen LogP contribution < -0.4 is 5.32 Å². The van der Waals surface area contributed by atoms with E-state index in [2.05, 4.69) is 10.2 Å². The smallest absolute Gasteiger partial charge is 0.348 e. The van der Waals surface area contributed by atoms with E-state index in [1.165, 1.54) is 12.1 Å². The molecule has 1 aliphatic heterocycles. The van der Waals surface area contributed by atoms with Crippen molar-refractivity contribution < 1.29 is 22.2 Å². The van der Waals surface area contributed by atoms with E-state index in [0.29, 0.717) is 27.2 Å². The molecule has 2 aromatic carbocycles. The Hall–Kier alpha value is -1.94. The molecule has 0 saturated carbocycles. The highest BCUT2D eigenvalue weighted by Gasteiger charge is 2.35. The highest BCUT2D eigenvalue weighted by Crippen LogP contribution is 2.34. The van der Waals surface area contributed by atoms with Gasteiger partial charge in [-0.05, 0) is 74.4 Å².